The van der Waals surface area contributed by atoms with Gasteiger partial charge in [-0.1, -0.05) is 272 Å². The van der Waals surface area contributed by atoms with E-state index in [1.807, 2.05) is 6.08 Å². The van der Waals surface area contributed by atoms with Gasteiger partial charge in [0.2, 0.25) is 5.91 Å². The lowest BCUT2D eigenvalue weighted by Crippen LogP contribution is -2.60. The fraction of sp³-hybridized carbons (Fsp3) is 0.742. The molecule has 1 rings (SSSR count). The van der Waals surface area contributed by atoms with Crippen molar-refractivity contribution in [3.05, 3.63) is 97.2 Å². The zero-order valence-corrected chi connectivity index (χ0v) is 48.0. The summed E-state index contributed by atoms with van der Waals surface area (Å²) in [6.45, 7) is 3.67. The predicted molar refractivity (Wildman–Crippen MR) is 318 cm³/mol. The first-order valence-electron chi connectivity index (χ1n) is 31.0. The normalized spacial score (nSPS) is 19.6. The lowest BCUT2D eigenvalue weighted by atomic mass is 9.99. The van der Waals surface area contributed by atoms with Gasteiger partial charge in [-0.25, -0.2) is 0 Å². The van der Waals surface area contributed by atoms with Crippen molar-refractivity contribution in [2.24, 2.45) is 0 Å². The first-order chi connectivity index (χ1) is 36.8. The summed E-state index contributed by atoms with van der Waals surface area (Å²) in [6, 6.07) is -0.824. The van der Waals surface area contributed by atoms with Crippen LogP contribution in [-0.2, 0) is 14.3 Å². The van der Waals surface area contributed by atoms with Crippen LogP contribution in [0.15, 0.2) is 97.2 Å². The third-order valence-electron chi connectivity index (χ3n) is 14.2. The molecule has 75 heavy (non-hydrogen) atoms. The Morgan fingerprint density at radius 1 is 0.467 bits per heavy atom. The van der Waals surface area contributed by atoms with Gasteiger partial charge in [-0.3, -0.25) is 4.79 Å². The number of hydrogen-bond donors (Lipinski definition) is 6. The molecule has 0 aromatic heterocycles. The van der Waals surface area contributed by atoms with Gasteiger partial charge in [-0.05, 0) is 77.0 Å². The highest BCUT2D eigenvalue weighted by molar-refractivity contribution is 5.76. The van der Waals surface area contributed by atoms with Crippen molar-refractivity contribution in [2.75, 3.05) is 13.2 Å². The molecule has 1 aliphatic rings. The molecule has 1 aliphatic heterocycles. The van der Waals surface area contributed by atoms with Gasteiger partial charge in [0.25, 0.3) is 0 Å². The minimum atomic E-state index is -1.58. The summed E-state index contributed by atoms with van der Waals surface area (Å²) in [7, 11) is 0. The number of rotatable bonds is 52. The zero-order chi connectivity index (χ0) is 54.3. The SMILES string of the molecule is CC/C=C\C/C=C\C/C=C\C/C=C\C/C=C\C/C=C\C/C=C\CCCCCCCC(=O)NC(COC1OC(CO)C(O)C(O)C1O)C(O)/C=C/CCCCCCCCCCCCCCCCCCCCCCCCC. The molecule has 9 nitrogen and oxygen atoms in total. The maximum absolute atomic E-state index is 13.1. The molecule has 0 aliphatic carbocycles. The van der Waals surface area contributed by atoms with Crippen LogP contribution >= 0.6 is 0 Å². The Balaban J connectivity index is 2.24. The van der Waals surface area contributed by atoms with E-state index in [4.69, 9.17) is 9.47 Å². The van der Waals surface area contributed by atoms with Crippen LogP contribution in [-0.4, -0.2) is 87.5 Å². The zero-order valence-electron chi connectivity index (χ0n) is 48.0. The van der Waals surface area contributed by atoms with Crippen LogP contribution in [0.5, 0.6) is 0 Å². The third kappa shape index (κ3) is 43.7. The number of amides is 1. The Morgan fingerprint density at radius 2 is 0.827 bits per heavy atom. The number of ether oxygens (including phenoxy) is 2. The number of nitrogens with one attached hydrogen (secondary N) is 1. The van der Waals surface area contributed by atoms with Crippen LogP contribution in [0.3, 0.4) is 0 Å². The van der Waals surface area contributed by atoms with Gasteiger partial charge >= 0.3 is 0 Å². The van der Waals surface area contributed by atoms with Crippen molar-refractivity contribution in [1.82, 2.24) is 5.32 Å². The molecule has 0 spiro atoms. The Bertz CT molecular complexity index is 1500. The van der Waals surface area contributed by atoms with Crippen LogP contribution in [0, 0.1) is 0 Å². The molecule has 0 aromatic carbocycles. The van der Waals surface area contributed by atoms with Crippen molar-refractivity contribution >= 4 is 5.91 Å². The first-order valence-corrected chi connectivity index (χ1v) is 31.0. The molecule has 1 amide bonds. The molecule has 1 fully saturated rings. The standard InChI is InChI=1S/C66H115NO8/c1-3-5-7-9-11-13-15-17-19-21-23-25-27-29-30-32-34-36-38-40-42-44-46-48-50-52-54-56-62(70)67-59(58-74-66-65(73)64(72)63(71)61(57-68)75-66)60(69)55-53-51-49-47-45-43-41-39-37-35-33-31-28-26-24-22-20-18-16-14-12-10-8-6-4-2/h5,7,11,13,17,19,23,25,29-30,34,36,40,42,53,55,59-61,63-66,68-69,71-73H,3-4,6,8-10,12,14-16,18,20-22,24,26-28,31-33,35,37-39,41,43-52,54,56-58H2,1-2H3,(H,67,70)/b7-5-,13-11-,19-17-,25-23-,30-29-,36-34-,42-40-,55-53+. The first kappa shape index (κ1) is 70.1. The van der Waals surface area contributed by atoms with E-state index in [-0.39, 0.29) is 12.5 Å². The number of aliphatic hydroxyl groups excluding tert-OH is 5. The maximum Gasteiger partial charge on any atom is 0.220 e. The average Bonchev–Trinajstić information content (AvgIpc) is 3.41. The number of carbonyl (C=O) groups is 1. The number of allylic oxidation sites excluding steroid dienone is 15. The van der Waals surface area contributed by atoms with E-state index >= 15 is 0 Å². The molecular weight excluding hydrogens is 935 g/mol. The second-order valence-corrected chi connectivity index (χ2v) is 21.1. The smallest absolute Gasteiger partial charge is 0.220 e. The summed E-state index contributed by atoms with van der Waals surface area (Å²) in [6.07, 6.45) is 71.9. The predicted octanol–water partition coefficient (Wildman–Crippen LogP) is 16.0. The molecule has 432 valence electrons. The van der Waals surface area contributed by atoms with E-state index in [0.717, 1.165) is 103 Å². The van der Waals surface area contributed by atoms with E-state index in [2.05, 4.69) is 104 Å². The molecule has 0 radical (unpaired) electrons. The van der Waals surface area contributed by atoms with Crippen molar-refractivity contribution in [3.8, 4) is 0 Å². The van der Waals surface area contributed by atoms with Gasteiger partial charge in [0.1, 0.15) is 24.4 Å². The fourth-order valence-electron chi connectivity index (χ4n) is 9.31. The second kappa shape index (κ2) is 54.5. The maximum atomic E-state index is 13.1. The third-order valence-corrected chi connectivity index (χ3v) is 14.2. The molecule has 1 saturated heterocycles. The van der Waals surface area contributed by atoms with Crippen LogP contribution in [0.25, 0.3) is 0 Å². The lowest BCUT2D eigenvalue weighted by Gasteiger charge is -2.40. The molecular formula is C66H115NO8. The van der Waals surface area contributed by atoms with Gasteiger partial charge < -0.3 is 40.3 Å². The monoisotopic (exact) mass is 1050 g/mol. The quantitative estimate of drug-likeness (QED) is 0.0261. The summed E-state index contributed by atoms with van der Waals surface area (Å²) >= 11 is 0. The van der Waals surface area contributed by atoms with Crippen LogP contribution in [0.2, 0.25) is 0 Å². The fourth-order valence-corrected chi connectivity index (χ4v) is 9.31. The molecule has 0 saturated carbocycles. The highest BCUT2D eigenvalue weighted by Crippen LogP contribution is 2.23. The lowest BCUT2D eigenvalue weighted by molar-refractivity contribution is -0.302. The largest absolute Gasteiger partial charge is 0.394 e. The summed E-state index contributed by atoms with van der Waals surface area (Å²) in [4.78, 5) is 13.1. The van der Waals surface area contributed by atoms with Crippen molar-refractivity contribution in [2.45, 2.75) is 301 Å². The van der Waals surface area contributed by atoms with E-state index < -0.39 is 49.5 Å². The van der Waals surface area contributed by atoms with Crippen molar-refractivity contribution in [1.29, 1.82) is 0 Å². The van der Waals surface area contributed by atoms with E-state index in [1.54, 1.807) is 6.08 Å². The highest BCUT2D eigenvalue weighted by Gasteiger charge is 2.44. The van der Waals surface area contributed by atoms with Crippen molar-refractivity contribution in [3.63, 3.8) is 0 Å². The Hall–Kier alpha value is -2.89. The van der Waals surface area contributed by atoms with Gasteiger partial charge in [0.15, 0.2) is 6.29 Å². The number of unbranched alkanes of at least 4 members (excludes halogenated alkanes) is 28. The molecule has 0 aromatic rings. The molecule has 0 bridgehead atoms. The summed E-state index contributed by atoms with van der Waals surface area (Å²) in [5.41, 5.74) is 0. The number of aliphatic hydroxyl groups is 5. The number of carbonyl (C=O) groups excluding carboxylic acids is 1. The van der Waals surface area contributed by atoms with Crippen LogP contribution in [0.4, 0.5) is 0 Å². The van der Waals surface area contributed by atoms with Crippen molar-refractivity contribution < 1.29 is 39.8 Å². The van der Waals surface area contributed by atoms with E-state index in [1.165, 1.54) is 135 Å². The molecule has 7 unspecified atom stereocenters. The van der Waals surface area contributed by atoms with Gasteiger partial charge in [-0.15, -0.1) is 0 Å². The Labute approximate surface area is 460 Å². The minimum Gasteiger partial charge on any atom is -0.394 e. The molecule has 7 atom stereocenters. The average molecular weight is 1050 g/mol. The summed E-state index contributed by atoms with van der Waals surface area (Å²) in [5.74, 6) is -0.197. The Morgan fingerprint density at radius 3 is 1.23 bits per heavy atom. The highest BCUT2D eigenvalue weighted by atomic mass is 16.7. The van der Waals surface area contributed by atoms with Gasteiger partial charge in [0.05, 0.1) is 25.4 Å². The molecule has 9 heteroatoms. The van der Waals surface area contributed by atoms with E-state index in [9.17, 15) is 30.3 Å². The summed E-state index contributed by atoms with van der Waals surface area (Å²) < 4.78 is 11.3. The number of hydrogen-bond acceptors (Lipinski definition) is 8. The summed E-state index contributed by atoms with van der Waals surface area (Å²) in [5, 5.41) is 54.6. The van der Waals surface area contributed by atoms with Gasteiger partial charge in [0, 0.05) is 6.42 Å². The van der Waals surface area contributed by atoms with E-state index in [0.29, 0.717) is 6.42 Å². The second-order valence-electron chi connectivity index (χ2n) is 21.1. The minimum absolute atomic E-state index is 0.197. The molecule has 6 N–H and O–H groups in total. The molecule has 1 heterocycles. The van der Waals surface area contributed by atoms with Crippen LogP contribution < -0.4 is 5.32 Å². The Kier molecular flexibility index (Phi) is 50.9. The topological polar surface area (TPSA) is 149 Å². The van der Waals surface area contributed by atoms with Gasteiger partial charge in [-0.2, -0.15) is 0 Å². The van der Waals surface area contributed by atoms with Crippen LogP contribution in [0.1, 0.15) is 258 Å².